The molecule has 1 aromatic heterocycles. The Morgan fingerprint density at radius 2 is 2.14 bits per heavy atom. The minimum Gasteiger partial charge on any atom is -0.398 e. The normalized spacial score (nSPS) is 10.9. The molecule has 0 unspecified atom stereocenters. The zero-order valence-electron chi connectivity index (χ0n) is 7.37. The van der Waals surface area contributed by atoms with Crippen molar-refractivity contribution < 1.29 is 13.9 Å². The van der Waals surface area contributed by atoms with Crippen molar-refractivity contribution in [3.05, 3.63) is 23.0 Å². The standard InChI is InChI=1S/C8H11F2N3O/c9-8(10)7-5(1-11)6(12)4(3-14)2-13-7/h2,8,14H,1,3,11H2,(H2,12,13). The number of aromatic nitrogens is 1. The summed E-state index contributed by atoms with van der Waals surface area (Å²) in [6.07, 6.45) is -1.57. The lowest BCUT2D eigenvalue weighted by molar-refractivity contribution is 0.144. The van der Waals surface area contributed by atoms with Gasteiger partial charge in [-0.3, -0.25) is 4.98 Å². The largest absolute Gasteiger partial charge is 0.398 e. The van der Waals surface area contributed by atoms with Crippen molar-refractivity contribution in [3.8, 4) is 0 Å². The van der Waals surface area contributed by atoms with Crippen LogP contribution in [0.15, 0.2) is 6.20 Å². The van der Waals surface area contributed by atoms with Gasteiger partial charge in [-0.25, -0.2) is 8.78 Å². The Balaban J connectivity index is 3.28. The highest BCUT2D eigenvalue weighted by Crippen LogP contribution is 2.26. The van der Waals surface area contributed by atoms with E-state index in [1.165, 1.54) is 0 Å². The predicted octanol–water partition coefficient (Wildman–Crippen LogP) is 0.552. The Bertz CT molecular complexity index is 331. The summed E-state index contributed by atoms with van der Waals surface area (Å²) < 4.78 is 24.8. The zero-order valence-corrected chi connectivity index (χ0v) is 7.37. The maximum absolute atomic E-state index is 12.4. The summed E-state index contributed by atoms with van der Waals surface area (Å²) in [5.74, 6) is 0. The fourth-order valence-corrected chi connectivity index (χ4v) is 1.16. The van der Waals surface area contributed by atoms with E-state index in [2.05, 4.69) is 4.98 Å². The smallest absolute Gasteiger partial charge is 0.280 e. The van der Waals surface area contributed by atoms with Gasteiger partial charge >= 0.3 is 0 Å². The van der Waals surface area contributed by atoms with Gasteiger partial charge in [-0.05, 0) is 0 Å². The van der Waals surface area contributed by atoms with Crippen LogP contribution in [0.5, 0.6) is 0 Å². The van der Waals surface area contributed by atoms with Crippen LogP contribution in [0.1, 0.15) is 23.2 Å². The van der Waals surface area contributed by atoms with E-state index in [1.54, 1.807) is 0 Å². The van der Waals surface area contributed by atoms with Gasteiger partial charge in [0.1, 0.15) is 5.69 Å². The molecule has 0 saturated carbocycles. The van der Waals surface area contributed by atoms with E-state index in [0.29, 0.717) is 5.56 Å². The fourth-order valence-electron chi connectivity index (χ4n) is 1.16. The number of pyridine rings is 1. The molecule has 78 valence electrons. The first-order chi connectivity index (χ1) is 6.61. The third kappa shape index (κ3) is 1.80. The summed E-state index contributed by atoms with van der Waals surface area (Å²) in [5, 5.41) is 8.82. The van der Waals surface area contributed by atoms with E-state index in [4.69, 9.17) is 16.6 Å². The Labute approximate surface area is 79.6 Å². The molecule has 5 N–H and O–H groups in total. The van der Waals surface area contributed by atoms with Crippen molar-refractivity contribution in [1.29, 1.82) is 0 Å². The van der Waals surface area contributed by atoms with Gasteiger partial charge in [-0.1, -0.05) is 0 Å². The van der Waals surface area contributed by atoms with Crippen LogP contribution in [0.2, 0.25) is 0 Å². The van der Waals surface area contributed by atoms with E-state index >= 15 is 0 Å². The SMILES string of the molecule is NCc1c(C(F)F)ncc(CO)c1N. The summed E-state index contributed by atoms with van der Waals surface area (Å²) in [5.41, 5.74) is 10.9. The number of hydrogen-bond acceptors (Lipinski definition) is 4. The van der Waals surface area contributed by atoms with Crippen LogP contribution in [0.3, 0.4) is 0 Å². The first-order valence-corrected chi connectivity index (χ1v) is 3.97. The Morgan fingerprint density at radius 1 is 1.50 bits per heavy atom. The topological polar surface area (TPSA) is 85.2 Å². The molecule has 0 amide bonds. The van der Waals surface area contributed by atoms with Crippen molar-refractivity contribution in [1.82, 2.24) is 4.98 Å². The van der Waals surface area contributed by atoms with E-state index < -0.39 is 12.1 Å². The van der Waals surface area contributed by atoms with E-state index in [9.17, 15) is 8.78 Å². The number of nitrogen functional groups attached to an aromatic ring is 1. The first kappa shape index (κ1) is 10.8. The lowest BCUT2D eigenvalue weighted by Gasteiger charge is -2.11. The van der Waals surface area contributed by atoms with Crippen molar-refractivity contribution >= 4 is 5.69 Å². The van der Waals surface area contributed by atoms with E-state index in [0.717, 1.165) is 6.20 Å². The highest BCUT2D eigenvalue weighted by atomic mass is 19.3. The van der Waals surface area contributed by atoms with Gasteiger partial charge in [-0.2, -0.15) is 0 Å². The molecule has 1 aromatic rings. The van der Waals surface area contributed by atoms with Crippen LogP contribution >= 0.6 is 0 Å². The highest BCUT2D eigenvalue weighted by molar-refractivity contribution is 5.54. The molecule has 4 nitrogen and oxygen atoms in total. The average molecular weight is 203 g/mol. The number of hydrogen-bond donors (Lipinski definition) is 3. The maximum atomic E-state index is 12.4. The number of alkyl halides is 2. The second-order valence-corrected chi connectivity index (χ2v) is 2.72. The van der Waals surface area contributed by atoms with E-state index in [1.807, 2.05) is 0 Å². The van der Waals surface area contributed by atoms with E-state index in [-0.39, 0.29) is 24.4 Å². The van der Waals surface area contributed by atoms with Crippen molar-refractivity contribution in [2.45, 2.75) is 19.6 Å². The molecule has 6 heteroatoms. The summed E-state index contributed by atoms with van der Waals surface area (Å²) in [4.78, 5) is 3.51. The molecule has 0 aliphatic carbocycles. The number of halogens is 2. The molecule has 0 aliphatic rings. The van der Waals surface area contributed by atoms with Crippen molar-refractivity contribution in [2.75, 3.05) is 5.73 Å². The Hall–Kier alpha value is -1.27. The molecule has 0 spiro atoms. The van der Waals surface area contributed by atoms with Gasteiger partial charge in [0, 0.05) is 29.6 Å². The molecule has 0 fully saturated rings. The second kappa shape index (κ2) is 4.30. The van der Waals surface area contributed by atoms with Crippen LogP contribution in [0, 0.1) is 0 Å². The molecule has 0 aromatic carbocycles. The summed E-state index contributed by atoms with van der Waals surface area (Å²) in [6.45, 7) is -0.457. The molecule has 14 heavy (non-hydrogen) atoms. The van der Waals surface area contributed by atoms with Crippen LogP contribution in [-0.2, 0) is 13.2 Å². The molecule has 0 bridgehead atoms. The second-order valence-electron chi connectivity index (χ2n) is 2.72. The fraction of sp³-hybridized carbons (Fsp3) is 0.375. The molecule has 1 heterocycles. The number of aliphatic hydroxyl groups is 1. The monoisotopic (exact) mass is 203 g/mol. The average Bonchev–Trinajstić information content (AvgIpc) is 2.17. The quantitative estimate of drug-likeness (QED) is 0.669. The molecule has 0 radical (unpaired) electrons. The summed E-state index contributed by atoms with van der Waals surface area (Å²) >= 11 is 0. The van der Waals surface area contributed by atoms with Crippen molar-refractivity contribution in [3.63, 3.8) is 0 Å². The third-order valence-corrected chi connectivity index (χ3v) is 1.92. The van der Waals surface area contributed by atoms with Crippen LogP contribution in [0.25, 0.3) is 0 Å². The minimum atomic E-state index is -2.71. The summed E-state index contributed by atoms with van der Waals surface area (Å²) in [6, 6.07) is 0. The Morgan fingerprint density at radius 3 is 2.57 bits per heavy atom. The number of aliphatic hydroxyl groups excluding tert-OH is 1. The predicted molar refractivity (Wildman–Crippen MR) is 47.4 cm³/mol. The minimum absolute atomic E-state index is 0.0975. The number of anilines is 1. The highest BCUT2D eigenvalue weighted by Gasteiger charge is 2.17. The van der Waals surface area contributed by atoms with Gasteiger partial charge in [0.2, 0.25) is 0 Å². The lowest BCUT2D eigenvalue weighted by atomic mass is 10.1. The molecular weight excluding hydrogens is 192 g/mol. The number of nitrogens with two attached hydrogens (primary N) is 2. The molecule has 0 saturated heterocycles. The Kier molecular flexibility index (Phi) is 3.32. The maximum Gasteiger partial charge on any atom is 0.280 e. The third-order valence-electron chi connectivity index (χ3n) is 1.92. The van der Waals surface area contributed by atoms with Gasteiger partial charge in [0.15, 0.2) is 0 Å². The lowest BCUT2D eigenvalue weighted by Crippen LogP contribution is -2.11. The number of nitrogens with zero attached hydrogens (tertiary/aromatic N) is 1. The molecular formula is C8H11F2N3O. The van der Waals surface area contributed by atoms with Crippen LogP contribution in [-0.4, -0.2) is 10.1 Å². The zero-order chi connectivity index (χ0) is 10.7. The van der Waals surface area contributed by atoms with Crippen LogP contribution in [0.4, 0.5) is 14.5 Å². The van der Waals surface area contributed by atoms with Gasteiger partial charge in [-0.15, -0.1) is 0 Å². The van der Waals surface area contributed by atoms with Crippen LogP contribution < -0.4 is 11.5 Å². The van der Waals surface area contributed by atoms with Gasteiger partial charge < -0.3 is 16.6 Å². The van der Waals surface area contributed by atoms with Gasteiger partial charge in [0.05, 0.1) is 6.61 Å². The molecule has 0 atom stereocenters. The molecule has 0 aliphatic heterocycles. The summed E-state index contributed by atoms with van der Waals surface area (Å²) in [7, 11) is 0. The number of rotatable bonds is 3. The molecule has 1 rings (SSSR count). The van der Waals surface area contributed by atoms with Gasteiger partial charge in [0.25, 0.3) is 6.43 Å². The van der Waals surface area contributed by atoms with Crippen molar-refractivity contribution in [2.24, 2.45) is 5.73 Å². The first-order valence-electron chi connectivity index (χ1n) is 3.97.